The van der Waals surface area contributed by atoms with Crippen LogP contribution in [0.5, 0.6) is 5.75 Å². The van der Waals surface area contributed by atoms with Crippen LogP contribution in [-0.2, 0) is 6.54 Å². The minimum Gasteiger partial charge on any atom is -0.496 e. The average molecular weight is 366 g/mol. The molecule has 0 radical (unpaired) electrons. The van der Waals surface area contributed by atoms with Crippen LogP contribution in [0.15, 0.2) is 56.7 Å². The number of benzene rings is 2. The summed E-state index contributed by atoms with van der Waals surface area (Å²) in [5, 5.41) is 3.43. The molecule has 21 heavy (non-hydrogen) atoms. The van der Waals surface area contributed by atoms with Crippen molar-refractivity contribution in [2.45, 2.75) is 36.2 Å². The fraction of sp³-hybridized carbons (Fsp3) is 0.294. The maximum Gasteiger partial charge on any atom is 0.132 e. The van der Waals surface area contributed by atoms with Crippen LogP contribution in [0.1, 0.15) is 19.4 Å². The Labute approximate surface area is 139 Å². The molecule has 1 N–H and O–H groups in total. The second-order valence-corrected chi connectivity index (χ2v) is 7.01. The Bertz CT molecular complexity index is 601. The summed E-state index contributed by atoms with van der Waals surface area (Å²) in [5.74, 6) is 0.907. The third-order valence-electron chi connectivity index (χ3n) is 3.02. The summed E-state index contributed by atoms with van der Waals surface area (Å²) in [4.78, 5) is 2.32. The third kappa shape index (κ3) is 4.77. The van der Waals surface area contributed by atoms with Gasteiger partial charge < -0.3 is 10.1 Å². The van der Waals surface area contributed by atoms with Crippen molar-refractivity contribution in [2.75, 3.05) is 7.11 Å². The van der Waals surface area contributed by atoms with Crippen LogP contribution in [0.2, 0.25) is 0 Å². The largest absolute Gasteiger partial charge is 0.496 e. The van der Waals surface area contributed by atoms with Gasteiger partial charge in [0.25, 0.3) is 0 Å². The molecular formula is C17H20BrNOS. The molecule has 0 aromatic heterocycles. The van der Waals surface area contributed by atoms with Crippen LogP contribution in [0, 0.1) is 0 Å². The van der Waals surface area contributed by atoms with Gasteiger partial charge in [-0.1, -0.05) is 59.7 Å². The molecule has 2 aromatic carbocycles. The molecule has 112 valence electrons. The van der Waals surface area contributed by atoms with E-state index >= 15 is 0 Å². The quantitative estimate of drug-likeness (QED) is 0.768. The van der Waals surface area contributed by atoms with Crippen molar-refractivity contribution in [3.63, 3.8) is 0 Å². The molecule has 4 heteroatoms. The molecule has 2 aromatic rings. The summed E-state index contributed by atoms with van der Waals surface area (Å²) in [7, 11) is 1.70. The molecule has 0 atom stereocenters. The monoisotopic (exact) mass is 365 g/mol. The van der Waals surface area contributed by atoms with Crippen molar-refractivity contribution >= 4 is 27.7 Å². The first kappa shape index (κ1) is 16.4. The highest BCUT2D eigenvalue weighted by molar-refractivity contribution is 9.10. The first-order valence-electron chi connectivity index (χ1n) is 6.93. The maximum atomic E-state index is 5.39. The molecule has 0 heterocycles. The third-order valence-corrected chi connectivity index (χ3v) is 4.81. The number of nitrogens with one attached hydrogen (secondary N) is 1. The summed E-state index contributed by atoms with van der Waals surface area (Å²) < 4.78 is 6.53. The molecule has 0 unspecified atom stereocenters. The van der Waals surface area contributed by atoms with Gasteiger partial charge in [0, 0.05) is 22.0 Å². The number of methoxy groups -OCH3 is 1. The number of ether oxygens (including phenoxy) is 1. The van der Waals surface area contributed by atoms with Gasteiger partial charge in [-0.15, -0.1) is 0 Å². The summed E-state index contributed by atoms with van der Waals surface area (Å²) in [6.45, 7) is 5.18. The normalized spacial score (nSPS) is 10.9. The number of para-hydroxylation sites is 1. The van der Waals surface area contributed by atoms with Gasteiger partial charge in [0.05, 0.1) is 12.0 Å². The van der Waals surface area contributed by atoms with Crippen molar-refractivity contribution in [3.8, 4) is 5.75 Å². The second kappa shape index (κ2) is 7.87. The molecule has 0 bridgehead atoms. The molecule has 2 rings (SSSR count). The van der Waals surface area contributed by atoms with E-state index in [1.54, 1.807) is 18.9 Å². The smallest absolute Gasteiger partial charge is 0.132 e. The molecule has 0 spiro atoms. The molecule has 2 nitrogen and oxygen atoms in total. The Balaban J connectivity index is 2.13. The van der Waals surface area contributed by atoms with Crippen molar-refractivity contribution in [2.24, 2.45) is 0 Å². The van der Waals surface area contributed by atoms with E-state index in [0.29, 0.717) is 6.04 Å². The fourth-order valence-electron chi connectivity index (χ4n) is 1.88. The number of hydrogen-bond donors (Lipinski definition) is 1. The minimum atomic E-state index is 0.486. The first-order valence-corrected chi connectivity index (χ1v) is 8.53. The zero-order valence-electron chi connectivity index (χ0n) is 12.5. The number of hydrogen-bond acceptors (Lipinski definition) is 3. The highest BCUT2D eigenvalue weighted by Crippen LogP contribution is 2.36. The van der Waals surface area contributed by atoms with Gasteiger partial charge in [-0.05, 0) is 29.8 Å². The van der Waals surface area contributed by atoms with E-state index in [2.05, 4.69) is 59.4 Å². The van der Waals surface area contributed by atoms with Crippen molar-refractivity contribution < 1.29 is 4.74 Å². The SMILES string of the molecule is COc1ccccc1Sc1ccc(CNC(C)C)c(Br)c1. The Morgan fingerprint density at radius 3 is 2.62 bits per heavy atom. The Kier molecular flexibility index (Phi) is 6.15. The van der Waals surface area contributed by atoms with Crippen LogP contribution < -0.4 is 10.1 Å². The van der Waals surface area contributed by atoms with Gasteiger partial charge >= 0.3 is 0 Å². The zero-order chi connectivity index (χ0) is 15.2. The Morgan fingerprint density at radius 1 is 1.19 bits per heavy atom. The van der Waals surface area contributed by atoms with Gasteiger partial charge in [-0.2, -0.15) is 0 Å². The summed E-state index contributed by atoms with van der Waals surface area (Å²) in [6.07, 6.45) is 0. The van der Waals surface area contributed by atoms with Crippen LogP contribution in [0.4, 0.5) is 0 Å². The number of halogens is 1. The van der Waals surface area contributed by atoms with Crippen molar-refractivity contribution in [3.05, 3.63) is 52.5 Å². The van der Waals surface area contributed by atoms with E-state index < -0.39 is 0 Å². The van der Waals surface area contributed by atoms with E-state index in [9.17, 15) is 0 Å². The van der Waals surface area contributed by atoms with Crippen LogP contribution in [0.3, 0.4) is 0 Å². The van der Waals surface area contributed by atoms with E-state index in [0.717, 1.165) is 21.7 Å². The molecule has 0 aliphatic rings. The van der Waals surface area contributed by atoms with Crippen molar-refractivity contribution in [1.29, 1.82) is 0 Å². The van der Waals surface area contributed by atoms with Gasteiger partial charge in [-0.3, -0.25) is 0 Å². The fourth-order valence-corrected chi connectivity index (χ4v) is 3.51. The standard InChI is InChI=1S/C17H20BrNOS/c1-12(2)19-11-13-8-9-14(10-15(13)18)21-17-7-5-4-6-16(17)20-3/h4-10,12,19H,11H2,1-3H3. The van der Waals surface area contributed by atoms with Crippen LogP contribution in [0.25, 0.3) is 0 Å². The molecule has 0 fully saturated rings. The predicted octanol–water partition coefficient (Wildman–Crippen LogP) is 5.11. The summed E-state index contributed by atoms with van der Waals surface area (Å²) >= 11 is 5.37. The van der Waals surface area contributed by atoms with E-state index in [-0.39, 0.29) is 0 Å². The Morgan fingerprint density at radius 2 is 1.95 bits per heavy atom. The lowest BCUT2D eigenvalue weighted by atomic mass is 10.2. The lowest BCUT2D eigenvalue weighted by Crippen LogP contribution is -2.21. The maximum absolute atomic E-state index is 5.39. The van der Waals surface area contributed by atoms with Gasteiger partial charge in [0.15, 0.2) is 0 Å². The van der Waals surface area contributed by atoms with Gasteiger partial charge in [-0.25, -0.2) is 0 Å². The predicted molar refractivity (Wildman–Crippen MR) is 93.2 cm³/mol. The van der Waals surface area contributed by atoms with Gasteiger partial charge in [0.1, 0.15) is 5.75 Å². The molecule has 0 aliphatic heterocycles. The minimum absolute atomic E-state index is 0.486. The van der Waals surface area contributed by atoms with Gasteiger partial charge in [0.2, 0.25) is 0 Å². The summed E-state index contributed by atoms with van der Waals surface area (Å²) in [6, 6.07) is 15.0. The zero-order valence-corrected chi connectivity index (χ0v) is 14.9. The molecule has 0 saturated heterocycles. The number of rotatable bonds is 6. The highest BCUT2D eigenvalue weighted by atomic mass is 79.9. The van der Waals surface area contributed by atoms with E-state index in [1.165, 1.54) is 10.5 Å². The Hall–Kier alpha value is -0.970. The lowest BCUT2D eigenvalue weighted by molar-refractivity contribution is 0.405. The molecule has 0 saturated carbocycles. The summed E-state index contributed by atoms with van der Waals surface area (Å²) in [5.41, 5.74) is 1.27. The molecule has 0 aliphatic carbocycles. The lowest BCUT2D eigenvalue weighted by Gasteiger charge is -2.12. The molecular weight excluding hydrogens is 346 g/mol. The van der Waals surface area contributed by atoms with Crippen LogP contribution in [-0.4, -0.2) is 13.2 Å². The second-order valence-electron chi connectivity index (χ2n) is 5.04. The van der Waals surface area contributed by atoms with Crippen LogP contribution >= 0.6 is 27.7 Å². The highest BCUT2D eigenvalue weighted by Gasteiger charge is 2.07. The first-order chi connectivity index (χ1) is 10.1. The topological polar surface area (TPSA) is 21.3 Å². The van der Waals surface area contributed by atoms with E-state index in [4.69, 9.17) is 4.74 Å². The van der Waals surface area contributed by atoms with Crippen molar-refractivity contribution in [1.82, 2.24) is 5.32 Å². The average Bonchev–Trinajstić information content (AvgIpc) is 2.47. The van der Waals surface area contributed by atoms with E-state index in [1.807, 2.05) is 18.2 Å². The molecule has 0 amide bonds.